The molecule has 2 nitrogen and oxygen atoms in total. The fraction of sp³-hybridized carbons (Fsp3) is 0.0278. The van der Waals surface area contributed by atoms with E-state index in [9.17, 15) is 0 Å². The number of rotatable bonds is 2. The summed E-state index contributed by atoms with van der Waals surface area (Å²) < 4.78 is 27.1. The van der Waals surface area contributed by atoms with E-state index in [0.717, 1.165) is 43.9 Å². The fourth-order valence-electron chi connectivity index (χ4n) is 6.15. The highest BCUT2D eigenvalue weighted by molar-refractivity contribution is 6.24. The Bertz CT molecular complexity index is 2250. The van der Waals surface area contributed by atoms with E-state index in [0.29, 0.717) is 5.52 Å². The second kappa shape index (κ2) is 8.03. The van der Waals surface area contributed by atoms with E-state index < -0.39 is 6.85 Å². The molecule has 0 N–H and O–H groups in total. The number of benzene rings is 7. The van der Waals surface area contributed by atoms with E-state index in [-0.39, 0.29) is 5.82 Å². The van der Waals surface area contributed by atoms with Crippen LogP contribution in [0.3, 0.4) is 0 Å². The molecule has 0 saturated carbocycles. The lowest BCUT2D eigenvalue weighted by Gasteiger charge is -2.20. The molecule has 1 aromatic heterocycles. The summed E-state index contributed by atoms with van der Waals surface area (Å²) in [7, 11) is 0. The van der Waals surface area contributed by atoms with Gasteiger partial charge in [0.1, 0.15) is 5.82 Å². The van der Waals surface area contributed by atoms with Crippen LogP contribution in [0, 0.1) is 6.85 Å². The van der Waals surface area contributed by atoms with Gasteiger partial charge in [-0.2, -0.15) is 0 Å². The van der Waals surface area contributed by atoms with Gasteiger partial charge in [0.15, 0.2) is 0 Å². The molecule has 0 radical (unpaired) electrons. The van der Waals surface area contributed by atoms with Crippen LogP contribution in [0.15, 0.2) is 127 Å². The molecule has 8 aromatic rings. The molecule has 0 aliphatic rings. The van der Waals surface area contributed by atoms with E-state index in [1.54, 1.807) is 0 Å². The highest BCUT2D eigenvalue weighted by atomic mass is 15.1. The molecule has 7 aromatic carbocycles. The summed E-state index contributed by atoms with van der Waals surface area (Å²) in [5.41, 5.74) is 4.57. The van der Waals surface area contributed by atoms with E-state index in [1.807, 2.05) is 41.0 Å². The van der Waals surface area contributed by atoms with Crippen molar-refractivity contribution in [2.75, 3.05) is 0 Å². The maximum absolute atomic E-state index is 8.41. The highest BCUT2D eigenvalue weighted by Crippen LogP contribution is 2.45. The van der Waals surface area contributed by atoms with E-state index >= 15 is 0 Å². The van der Waals surface area contributed by atoms with Gasteiger partial charge in [-0.15, -0.1) is 0 Å². The Morgan fingerprint density at radius 3 is 1.82 bits per heavy atom. The van der Waals surface area contributed by atoms with Crippen LogP contribution in [0.5, 0.6) is 0 Å². The number of fused-ring (bicyclic) bond motifs is 6. The van der Waals surface area contributed by atoms with Gasteiger partial charge in [-0.25, -0.2) is 4.98 Å². The summed E-state index contributed by atoms with van der Waals surface area (Å²) >= 11 is 0. The third-order valence-corrected chi connectivity index (χ3v) is 7.72. The van der Waals surface area contributed by atoms with Crippen molar-refractivity contribution in [3.63, 3.8) is 0 Å². The molecule has 0 amide bonds. The first-order chi connectivity index (χ1) is 20.0. The van der Waals surface area contributed by atoms with Crippen molar-refractivity contribution >= 4 is 54.1 Å². The van der Waals surface area contributed by atoms with Gasteiger partial charge in [-0.3, -0.25) is 4.57 Å². The average molecular weight is 488 g/mol. The Morgan fingerprint density at radius 1 is 0.553 bits per heavy atom. The number of hydrogen-bond acceptors (Lipinski definition) is 1. The normalized spacial score (nSPS) is 13.3. The predicted molar refractivity (Wildman–Crippen MR) is 161 cm³/mol. The predicted octanol–water partition coefficient (Wildman–Crippen LogP) is 9.61. The zero-order chi connectivity index (χ0) is 27.7. The maximum atomic E-state index is 8.41. The zero-order valence-electron chi connectivity index (χ0n) is 23.5. The molecule has 38 heavy (non-hydrogen) atoms. The largest absolute Gasteiger partial charge is 0.295 e. The summed E-state index contributed by atoms with van der Waals surface area (Å²) in [5.74, 6) is 0.0675. The highest BCUT2D eigenvalue weighted by Gasteiger charge is 2.20. The quantitative estimate of drug-likeness (QED) is 0.175. The molecule has 0 aliphatic heterocycles. The van der Waals surface area contributed by atoms with Gasteiger partial charge in [-0.05, 0) is 68.5 Å². The van der Waals surface area contributed by atoms with Crippen molar-refractivity contribution in [1.82, 2.24) is 9.55 Å². The first-order valence-electron chi connectivity index (χ1n) is 14.3. The number of hydrogen-bond donors (Lipinski definition) is 0. The molecular weight excluding hydrogens is 460 g/mol. The van der Waals surface area contributed by atoms with Crippen LogP contribution in [-0.4, -0.2) is 9.55 Å². The lowest BCUT2D eigenvalue weighted by Crippen LogP contribution is -2.01. The molecule has 0 unspecified atom stereocenters. The van der Waals surface area contributed by atoms with Crippen molar-refractivity contribution in [1.29, 1.82) is 0 Å². The maximum Gasteiger partial charge on any atom is 0.111 e. The number of nitrogens with zero attached hydrogens (tertiary/aromatic N) is 2. The molecular formula is C36H24N2. The van der Waals surface area contributed by atoms with Crippen molar-refractivity contribution in [3.8, 4) is 16.8 Å². The molecule has 0 spiro atoms. The number of aryl methyl sites for hydroxylation is 1. The Labute approximate surface area is 224 Å². The number of imidazole rings is 1. The average Bonchev–Trinajstić information content (AvgIpc) is 3.40. The lowest BCUT2D eigenvalue weighted by molar-refractivity contribution is 1.02. The minimum atomic E-state index is -2.39. The van der Waals surface area contributed by atoms with Gasteiger partial charge in [0.25, 0.3) is 0 Å². The van der Waals surface area contributed by atoms with Gasteiger partial charge >= 0.3 is 0 Å². The molecule has 178 valence electrons. The van der Waals surface area contributed by atoms with Crippen LogP contribution in [0.4, 0.5) is 0 Å². The molecule has 0 bridgehead atoms. The lowest BCUT2D eigenvalue weighted by atomic mass is 9.86. The summed E-state index contributed by atoms with van der Waals surface area (Å²) in [6, 6.07) is 43.7. The molecule has 0 atom stereocenters. The number of aromatic nitrogens is 2. The summed E-state index contributed by atoms with van der Waals surface area (Å²) in [5, 5.41) is 8.90. The van der Waals surface area contributed by atoms with Crippen LogP contribution in [0.25, 0.3) is 70.9 Å². The monoisotopic (exact) mass is 487 g/mol. The van der Waals surface area contributed by atoms with Crippen LogP contribution in [0.1, 0.15) is 9.94 Å². The van der Waals surface area contributed by atoms with Crippen LogP contribution in [-0.2, 0) is 0 Å². The SMILES string of the molecule is [2H]C([2H])([2H])c1nc2ccccc2n1-c1c2ccccc2c(-c2cc3ccccc3c3ccccc23)c2ccccc12. The van der Waals surface area contributed by atoms with Gasteiger partial charge in [0, 0.05) is 14.9 Å². The first kappa shape index (κ1) is 18.3. The Balaban J connectivity index is 1.60. The van der Waals surface area contributed by atoms with E-state index in [4.69, 9.17) is 4.11 Å². The Kier molecular flexibility index (Phi) is 3.87. The fourth-order valence-corrected chi connectivity index (χ4v) is 6.15. The van der Waals surface area contributed by atoms with Crippen molar-refractivity contribution in [2.24, 2.45) is 0 Å². The molecule has 2 heteroatoms. The number of para-hydroxylation sites is 2. The standard InChI is InChI=1S/C36H24N2/c1-23-37-33-20-10-11-21-34(33)38(23)36-30-18-8-6-16-28(30)35(29-17-7-9-19-31(29)36)32-22-24-12-2-3-13-25(24)26-14-4-5-15-27(26)32/h2-22H,1H3/i1D3. The second-order valence-corrected chi connectivity index (χ2v) is 9.77. The Hall–Kier alpha value is -4.95. The van der Waals surface area contributed by atoms with Crippen LogP contribution < -0.4 is 0 Å². The van der Waals surface area contributed by atoms with Crippen molar-refractivity contribution in [2.45, 2.75) is 6.85 Å². The van der Waals surface area contributed by atoms with Crippen molar-refractivity contribution in [3.05, 3.63) is 133 Å². The minimum absolute atomic E-state index is 0.0675. The van der Waals surface area contributed by atoms with E-state index in [2.05, 4.69) is 96.0 Å². The first-order valence-corrected chi connectivity index (χ1v) is 12.8. The van der Waals surface area contributed by atoms with Gasteiger partial charge in [0.05, 0.1) is 16.7 Å². The molecule has 1 heterocycles. The van der Waals surface area contributed by atoms with Crippen LogP contribution in [0.2, 0.25) is 0 Å². The summed E-state index contributed by atoms with van der Waals surface area (Å²) in [6.45, 7) is -2.39. The molecule has 8 rings (SSSR count). The topological polar surface area (TPSA) is 17.8 Å². The molecule has 0 aliphatic carbocycles. The van der Waals surface area contributed by atoms with Crippen molar-refractivity contribution < 1.29 is 4.11 Å². The van der Waals surface area contributed by atoms with Gasteiger partial charge in [0.2, 0.25) is 0 Å². The smallest absolute Gasteiger partial charge is 0.111 e. The van der Waals surface area contributed by atoms with E-state index in [1.165, 1.54) is 21.5 Å². The summed E-state index contributed by atoms with van der Waals surface area (Å²) in [6.07, 6.45) is 0. The minimum Gasteiger partial charge on any atom is -0.295 e. The summed E-state index contributed by atoms with van der Waals surface area (Å²) in [4.78, 5) is 4.63. The van der Waals surface area contributed by atoms with Crippen LogP contribution >= 0.6 is 0 Å². The van der Waals surface area contributed by atoms with Gasteiger partial charge < -0.3 is 0 Å². The van der Waals surface area contributed by atoms with Gasteiger partial charge in [-0.1, -0.05) is 109 Å². The third-order valence-electron chi connectivity index (χ3n) is 7.72. The molecule has 0 fully saturated rings. The third kappa shape index (κ3) is 2.92. The second-order valence-electron chi connectivity index (χ2n) is 9.77. The zero-order valence-corrected chi connectivity index (χ0v) is 20.5. The Morgan fingerprint density at radius 2 is 1.11 bits per heavy atom. The molecule has 0 saturated heterocycles.